The molecule has 0 aromatic heterocycles. The van der Waals surface area contributed by atoms with E-state index in [1.807, 2.05) is 0 Å². The lowest BCUT2D eigenvalue weighted by molar-refractivity contribution is -0.445. The average molecular weight is 385 g/mol. The molecule has 9 heteroatoms. The fourth-order valence-electron chi connectivity index (χ4n) is 1.26. The SMILES string of the molecule is C[N+](=O)[O-].O=Cc1ccc(Cl)cc1.O=[N+]([O-])/C=C/c1ccc(Cl)cc1. The van der Waals surface area contributed by atoms with Crippen LogP contribution < -0.4 is 0 Å². The van der Waals surface area contributed by atoms with Gasteiger partial charge < -0.3 is 0 Å². The zero-order valence-corrected chi connectivity index (χ0v) is 14.6. The van der Waals surface area contributed by atoms with Gasteiger partial charge in [-0.2, -0.15) is 0 Å². The molecule has 0 saturated heterocycles. The van der Waals surface area contributed by atoms with E-state index in [1.54, 1.807) is 48.5 Å². The number of carbonyl (C=O) groups excluding carboxylic acids is 1. The summed E-state index contributed by atoms with van der Waals surface area (Å²) in [6.45, 7) is 0. The molecule has 132 valence electrons. The first-order valence-corrected chi connectivity index (χ1v) is 7.36. The van der Waals surface area contributed by atoms with Crippen molar-refractivity contribution in [3.8, 4) is 0 Å². The highest BCUT2D eigenvalue weighted by Gasteiger charge is 1.90. The van der Waals surface area contributed by atoms with Crippen molar-refractivity contribution in [1.82, 2.24) is 0 Å². The maximum atomic E-state index is 10.1. The van der Waals surface area contributed by atoms with Crippen LogP contribution in [0, 0.1) is 20.2 Å². The number of benzene rings is 2. The quantitative estimate of drug-likeness (QED) is 0.435. The van der Waals surface area contributed by atoms with Crippen LogP contribution in [0.15, 0.2) is 54.7 Å². The van der Waals surface area contributed by atoms with Gasteiger partial charge in [-0.15, -0.1) is 0 Å². The molecule has 0 radical (unpaired) electrons. The normalized spacial score (nSPS) is 9.24. The predicted octanol–water partition coefficient (Wildman–Crippen LogP) is 4.63. The van der Waals surface area contributed by atoms with E-state index in [2.05, 4.69) is 0 Å². The summed E-state index contributed by atoms with van der Waals surface area (Å²) in [6, 6.07) is 13.5. The molecule has 25 heavy (non-hydrogen) atoms. The van der Waals surface area contributed by atoms with E-state index < -0.39 is 9.85 Å². The van der Waals surface area contributed by atoms with Crippen LogP contribution >= 0.6 is 23.2 Å². The molecule has 0 atom stereocenters. The monoisotopic (exact) mass is 384 g/mol. The average Bonchev–Trinajstić information content (AvgIpc) is 2.55. The second-order valence-electron chi connectivity index (χ2n) is 4.26. The Morgan fingerprint density at radius 2 is 1.20 bits per heavy atom. The van der Waals surface area contributed by atoms with Crippen molar-refractivity contribution in [3.05, 3.63) is 96.1 Å². The molecule has 0 bridgehead atoms. The van der Waals surface area contributed by atoms with Gasteiger partial charge in [0.2, 0.25) is 6.20 Å². The van der Waals surface area contributed by atoms with E-state index in [0.29, 0.717) is 15.6 Å². The van der Waals surface area contributed by atoms with Crippen LogP contribution in [-0.4, -0.2) is 23.2 Å². The molecular weight excluding hydrogens is 371 g/mol. The Morgan fingerprint density at radius 1 is 0.840 bits per heavy atom. The van der Waals surface area contributed by atoms with E-state index >= 15 is 0 Å². The van der Waals surface area contributed by atoms with Crippen LogP contribution in [-0.2, 0) is 0 Å². The van der Waals surface area contributed by atoms with Gasteiger partial charge in [0.05, 0.1) is 4.92 Å². The number of halogens is 2. The zero-order valence-electron chi connectivity index (χ0n) is 13.0. The molecule has 2 aromatic rings. The minimum absolute atomic E-state index is 0.500. The largest absolute Gasteiger partial charge is 0.298 e. The van der Waals surface area contributed by atoms with Crippen molar-refractivity contribution in [2.24, 2.45) is 0 Å². The third-order valence-electron chi connectivity index (χ3n) is 2.26. The van der Waals surface area contributed by atoms with Crippen molar-refractivity contribution in [2.75, 3.05) is 7.05 Å². The van der Waals surface area contributed by atoms with Gasteiger partial charge in [-0.05, 0) is 29.8 Å². The summed E-state index contributed by atoms with van der Waals surface area (Å²) in [7, 11) is 0.889. The minimum Gasteiger partial charge on any atom is -0.298 e. The molecular formula is C16H14Cl2N2O5. The summed E-state index contributed by atoms with van der Waals surface area (Å²) in [5, 5.41) is 20.0. The topological polar surface area (TPSA) is 103 Å². The van der Waals surface area contributed by atoms with Gasteiger partial charge in [0.25, 0.3) is 0 Å². The molecule has 7 nitrogen and oxygen atoms in total. The Labute approximate surface area is 153 Å². The van der Waals surface area contributed by atoms with E-state index in [9.17, 15) is 14.9 Å². The Bertz CT molecular complexity index is 712. The zero-order chi connectivity index (χ0) is 19.2. The second kappa shape index (κ2) is 12.6. The summed E-state index contributed by atoms with van der Waals surface area (Å²) in [5.41, 5.74) is 1.41. The molecule has 2 rings (SSSR count). The fourth-order valence-corrected chi connectivity index (χ4v) is 1.51. The lowest BCUT2D eigenvalue weighted by Gasteiger charge is -1.90. The highest BCUT2D eigenvalue weighted by atomic mass is 35.5. The van der Waals surface area contributed by atoms with Crippen molar-refractivity contribution < 1.29 is 14.6 Å². The summed E-state index contributed by atoms with van der Waals surface area (Å²) in [5.74, 6) is 0. The van der Waals surface area contributed by atoms with Crippen molar-refractivity contribution >= 4 is 35.6 Å². The highest BCUT2D eigenvalue weighted by Crippen LogP contribution is 2.10. The Kier molecular flexibility index (Phi) is 11.2. The van der Waals surface area contributed by atoms with Gasteiger partial charge in [-0.1, -0.05) is 47.5 Å². The van der Waals surface area contributed by atoms with Gasteiger partial charge in [0.1, 0.15) is 6.29 Å². The predicted molar refractivity (Wildman–Crippen MR) is 97.2 cm³/mol. The summed E-state index contributed by atoms with van der Waals surface area (Å²) < 4.78 is 0. The smallest absolute Gasteiger partial charge is 0.235 e. The van der Waals surface area contributed by atoms with E-state index in [1.165, 1.54) is 6.08 Å². The van der Waals surface area contributed by atoms with Crippen LogP contribution in [0.25, 0.3) is 6.08 Å². The van der Waals surface area contributed by atoms with Crippen LogP contribution in [0.3, 0.4) is 0 Å². The van der Waals surface area contributed by atoms with Gasteiger partial charge >= 0.3 is 0 Å². The fraction of sp³-hybridized carbons (Fsp3) is 0.0625. The van der Waals surface area contributed by atoms with Crippen molar-refractivity contribution in [2.45, 2.75) is 0 Å². The first kappa shape index (κ1) is 22.2. The van der Waals surface area contributed by atoms with Crippen molar-refractivity contribution in [1.29, 1.82) is 0 Å². The Balaban J connectivity index is 0.000000391. The van der Waals surface area contributed by atoms with Crippen LogP contribution in [0.1, 0.15) is 15.9 Å². The minimum atomic E-state index is -0.505. The van der Waals surface area contributed by atoms with Crippen LogP contribution in [0.5, 0.6) is 0 Å². The molecule has 0 saturated carbocycles. The lowest BCUT2D eigenvalue weighted by atomic mass is 10.2. The van der Waals surface area contributed by atoms with E-state index in [-0.39, 0.29) is 0 Å². The number of rotatable bonds is 3. The number of hydrogen-bond donors (Lipinski definition) is 0. The molecule has 0 spiro atoms. The maximum absolute atomic E-state index is 10.1. The molecule has 0 amide bonds. The molecule has 0 aliphatic heterocycles. The number of nitro groups is 2. The summed E-state index contributed by atoms with van der Waals surface area (Å²) in [6.07, 6.45) is 3.09. The van der Waals surface area contributed by atoms with E-state index in [0.717, 1.165) is 25.1 Å². The standard InChI is InChI=1S/C8H6ClNO2.C7H5ClO.CH3NO2/c9-8-3-1-7(2-4-8)5-6-10(11)12;8-7-3-1-6(5-9)2-4-7;1-2(3)4/h1-6H;1-5H;1H3/b6-5+;;. The second-order valence-corrected chi connectivity index (χ2v) is 5.13. The molecule has 0 fully saturated rings. The van der Waals surface area contributed by atoms with Gasteiger partial charge in [0.15, 0.2) is 7.05 Å². The molecule has 0 aliphatic rings. The maximum Gasteiger partial charge on any atom is 0.235 e. The molecule has 0 aliphatic carbocycles. The molecule has 2 aromatic carbocycles. The van der Waals surface area contributed by atoms with Gasteiger partial charge in [0, 0.05) is 26.6 Å². The Morgan fingerprint density at radius 3 is 1.52 bits per heavy atom. The van der Waals surface area contributed by atoms with Gasteiger partial charge in [-0.25, -0.2) is 0 Å². The highest BCUT2D eigenvalue weighted by molar-refractivity contribution is 6.30. The molecule has 0 unspecified atom stereocenters. The molecule has 0 heterocycles. The first-order chi connectivity index (χ1) is 11.7. The number of nitrogens with zero attached hydrogens (tertiary/aromatic N) is 2. The van der Waals surface area contributed by atoms with E-state index in [4.69, 9.17) is 33.3 Å². The summed E-state index contributed by atoms with van der Waals surface area (Å²) >= 11 is 11.2. The Hall–Kier alpha value is -2.77. The molecule has 0 N–H and O–H groups in total. The third kappa shape index (κ3) is 13.4. The summed E-state index contributed by atoms with van der Waals surface area (Å²) in [4.78, 5) is 27.8. The number of aldehydes is 1. The van der Waals surface area contributed by atoms with Gasteiger partial charge in [-0.3, -0.25) is 25.0 Å². The van der Waals surface area contributed by atoms with Crippen molar-refractivity contribution in [3.63, 3.8) is 0 Å². The lowest BCUT2D eigenvalue weighted by Crippen LogP contribution is -1.81. The van der Waals surface area contributed by atoms with Crippen LogP contribution in [0.4, 0.5) is 0 Å². The number of carbonyl (C=O) groups is 1. The van der Waals surface area contributed by atoms with Crippen LogP contribution in [0.2, 0.25) is 10.0 Å². The number of hydrogen-bond acceptors (Lipinski definition) is 5. The third-order valence-corrected chi connectivity index (χ3v) is 2.77. The first-order valence-electron chi connectivity index (χ1n) is 6.60.